The van der Waals surface area contributed by atoms with E-state index in [1.54, 1.807) is 12.1 Å². The highest BCUT2D eigenvalue weighted by Crippen LogP contribution is 2.36. The largest absolute Gasteiger partial charge is 0.490 e. The fraction of sp³-hybridized carbons (Fsp3) is 0.308. The Labute approximate surface area is 224 Å². The highest BCUT2D eigenvalue weighted by molar-refractivity contribution is 8.26. The number of fused-ring (bicyclic) bond motifs is 1. The van der Waals surface area contributed by atoms with E-state index in [1.807, 2.05) is 19.9 Å². The summed E-state index contributed by atoms with van der Waals surface area (Å²) < 4.78 is 11.8. The molecule has 0 aliphatic carbocycles. The standard InChI is InChI=1S/C26H26Cl2N4O3S/c1-5-22-31-32-24(29)18(25(33)30-26(32)36-22)11-16-12-19(27)23(20(28)13-16)35-9-8-34-21-10-15(4)6-7-17(21)14(2)3/h6-7,10-14,29H,5,8-9H2,1-4H3/b18-11-,29-24?. The molecule has 0 unspecified atom stereocenters. The average molecular weight is 545 g/mol. The number of thioether (sulfide) groups is 1. The molecule has 2 aliphatic heterocycles. The molecule has 2 aromatic carbocycles. The molecule has 2 aromatic rings. The van der Waals surface area contributed by atoms with Crippen LogP contribution in [0.3, 0.4) is 0 Å². The predicted octanol–water partition coefficient (Wildman–Crippen LogP) is 6.91. The van der Waals surface area contributed by atoms with E-state index < -0.39 is 5.91 Å². The molecule has 1 amide bonds. The van der Waals surface area contributed by atoms with Crippen molar-refractivity contribution in [3.05, 3.63) is 62.6 Å². The van der Waals surface area contributed by atoms with Crippen molar-refractivity contribution >= 4 is 63.0 Å². The number of amides is 1. The molecular weight excluding hydrogens is 519 g/mol. The van der Waals surface area contributed by atoms with E-state index in [2.05, 4.69) is 36.1 Å². The maximum absolute atomic E-state index is 12.6. The number of halogens is 2. The molecule has 0 atom stereocenters. The minimum atomic E-state index is -0.507. The maximum atomic E-state index is 12.6. The number of hydrogen-bond donors (Lipinski definition) is 1. The summed E-state index contributed by atoms with van der Waals surface area (Å²) in [6, 6.07) is 9.44. The lowest BCUT2D eigenvalue weighted by Gasteiger charge is -2.20. The molecule has 2 heterocycles. The van der Waals surface area contributed by atoms with Gasteiger partial charge in [-0.1, -0.05) is 56.1 Å². The second-order valence-electron chi connectivity index (χ2n) is 8.57. The van der Waals surface area contributed by atoms with Crippen LogP contribution in [0.15, 0.2) is 46.0 Å². The summed E-state index contributed by atoms with van der Waals surface area (Å²) in [6.45, 7) is 8.79. The van der Waals surface area contributed by atoms with Crippen LogP contribution in [0.2, 0.25) is 10.0 Å². The number of nitrogens with zero attached hydrogens (tertiary/aromatic N) is 3. The summed E-state index contributed by atoms with van der Waals surface area (Å²) in [7, 11) is 0. The summed E-state index contributed by atoms with van der Waals surface area (Å²) >= 11 is 14.2. The lowest BCUT2D eigenvalue weighted by molar-refractivity contribution is -0.114. The van der Waals surface area contributed by atoms with Gasteiger partial charge in [0.15, 0.2) is 11.6 Å². The lowest BCUT2D eigenvalue weighted by atomic mass is 10.0. The van der Waals surface area contributed by atoms with Crippen molar-refractivity contribution in [3.63, 3.8) is 0 Å². The van der Waals surface area contributed by atoms with Crippen molar-refractivity contribution < 1.29 is 14.3 Å². The molecule has 2 aliphatic rings. The maximum Gasteiger partial charge on any atom is 0.283 e. The van der Waals surface area contributed by atoms with E-state index >= 15 is 0 Å². The first kappa shape index (κ1) is 26.3. The Bertz CT molecular complexity index is 1300. The van der Waals surface area contributed by atoms with E-state index in [4.69, 9.17) is 38.1 Å². The second kappa shape index (κ2) is 11.1. The molecule has 36 heavy (non-hydrogen) atoms. The molecule has 0 saturated carbocycles. The number of amidine groups is 2. The highest BCUT2D eigenvalue weighted by atomic mass is 35.5. The van der Waals surface area contributed by atoms with Crippen LogP contribution in [0.5, 0.6) is 11.5 Å². The van der Waals surface area contributed by atoms with Gasteiger partial charge in [-0.15, -0.1) is 0 Å². The number of carbonyl (C=O) groups excluding carboxylic acids is 1. The fourth-order valence-corrected chi connectivity index (χ4v) is 5.12. The molecule has 0 saturated heterocycles. The van der Waals surface area contributed by atoms with Crippen LogP contribution < -0.4 is 9.47 Å². The normalized spacial score (nSPS) is 16.4. The fourth-order valence-electron chi connectivity index (χ4n) is 3.68. The Hall–Kier alpha value is -2.81. The summed E-state index contributed by atoms with van der Waals surface area (Å²) in [6.07, 6.45) is 2.23. The van der Waals surface area contributed by atoms with Crippen molar-refractivity contribution in [1.29, 1.82) is 5.41 Å². The van der Waals surface area contributed by atoms with Crippen LogP contribution >= 0.6 is 35.0 Å². The van der Waals surface area contributed by atoms with Gasteiger partial charge < -0.3 is 9.47 Å². The zero-order chi connectivity index (χ0) is 26.0. The Balaban J connectivity index is 1.45. The number of nitrogens with one attached hydrogen (secondary N) is 1. The second-order valence-corrected chi connectivity index (χ2v) is 10.4. The summed E-state index contributed by atoms with van der Waals surface area (Å²) in [4.78, 5) is 16.6. The van der Waals surface area contributed by atoms with Gasteiger partial charge in [-0.25, -0.2) is 0 Å². The van der Waals surface area contributed by atoms with Crippen molar-refractivity contribution in [2.24, 2.45) is 10.1 Å². The van der Waals surface area contributed by atoms with E-state index in [1.165, 1.54) is 22.8 Å². The average Bonchev–Trinajstić information content (AvgIpc) is 3.24. The summed E-state index contributed by atoms with van der Waals surface area (Å²) in [5, 5.41) is 15.9. The molecule has 1 N–H and O–H groups in total. The number of aliphatic imine (C=N–C) groups is 1. The Morgan fingerprint density at radius 2 is 1.83 bits per heavy atom. The first-order chi connectivity index (χ1) is 17.2. The van der Waals surface area contributed by atoms with E-state index in [0.717, 1.165) is 21.9 Å². The van der Waals surface area contributed by atoms with Gasteiger partial charge in [0.25, 0.3) is 5.91 Å². The lowest BCUT2D eigenvalue weighted by Crippen LogP contribution is -2.35. The number of carbonyl (C=O) groups is 1. The van der Waals surface area contributed by atoms with Crippen LogP contribution in [0.25, 0.3) is 6.08 Å². The molecule has 0 aromatic heterocycles. The number of aryl methyl sites for hydroxylation is 1. The van der Waals surface area contributed by atoms with Crippen molar-refractivity contribution in [2.45, 2.75) is 40.0 Å². The number of hydrogen-bond acceptors (Lipinski definition) is 6. The van der Waals surface area contributed by atoms with Gasteiger partial charge in [0.2, 0.25) is 5.17 Å². The molecule has 7 nitrogen and oxygen atoms in total. The van der Waals surface area contributed by atoms with Gasteiger partial charge in [0.1, 0.15) is 24.0 Å². The molecule has 4 rings (SSSR count). The topological polar surface area (TPSA) is 87.3 Å². The Morgan fingerprint density at radius 1 is 1.14 bits per heavy atom. The molecule has 0 radical (unpaired) electrons. The molecular formula is C26H26Cl2N4O3S. The van der Waals surface area contributed by atoms with Gasteiger partial charge in [-0.3, -0.25) is 10.2 Å². The number of rotatable bonds is 8. The zero-order valence-electron chi connectivity index (χ0n) is 20.4. The third-order valence-corrected chi connectivity index (χ3v) is 7.12. The van der Waals surface area contributed by atoms with Crippen LogP contribution in [0.4, 0.5) is 0 Å². The first-order valence-electron chi connectivity index (χ1n) is 11.5. The van der Waals surface area contributed by atoms with Crippen molar-refractivity contribution in [2.75, 3.05) is 13.2 Å². The monoisotopic (exact) mass is 544 g/mol. The quantitative estimate of drug-likeness (QED) is 0.288. The van der Waals surface area contributed by atoms with Gasteiger partial charge in [-0.2, -0.15) is 15.1 Å². The van der Waals surface area contributed by atoms with Crippen molar-refractivity contribution in [3.8, 4) is 11.5 Å². The summed E-state index contributed by atoms with van der Waals surface area (Å²) in [5.74, 6) is 0.961. The molecule has 188 valence electrons. The van der Waals surface area contributed by atoms with Crippen LogP contribution in [0.1, 0.15) is 49.8 Å². The zero-order valence-corrected chi connectivity index (χ0v) is 22.7. The molecule has 10 heteroatoms. The minimum Gasteiger partial charge on any atom is -0.490 e. The van der Waals surface area contributed by atoms with E-state index in [-0.39, 0.29) is 28.1 Å². The minimum absolute atomic E-state index is 0.0393. The highest BCUT2D eigenvalue weighted by Gasteiger charge is 2.35. The predicted molar refractivity (Wildman–Crippen MR) is 148 cm³/mol. The third-order valence-electron chi connectivity index (χ3n) is 5.51. The number of benzene rings is 2. The number of hydrazone groups is 1. The Morgan fingerprint density at radius 3 is 2.50 bits per heavy atom. The van der Waals surface area contributed by atoms with Gasteiger partial charge >= 0.3 is 0 Å². The van der Waals surface area contributed by atoms with Crippen LogP contribution in [-0.2, 0) is 4.79 Å². The third kappa shape index (κ3) is 5.61. The van der Waals surface area contributed by atoms with E-state index in [9.17, 15) is 4.79 Å². The number of ether oxygens (including phenoxy) is 2. The van der Waals surface area contributed by atoms with E-state index in [0.29, 0.717) is 35.4 Å². The first-order valence-corrected chi connectivity index (χ1v) is 13.1. The van der Waals surface area contributed by atoms with Gasteiger partial charge in [-0.05, 0) is 72.0 Å². The Kier molecular flexibility index (Phi) is 8.07. The molecule has 0 fully saturated rings. The van der Waals surface area contributed by atoms with Gasteiger partial charge in [0.05, 0.1) is 15.6 Å². The van der Waals surface area contributed by atoms with Crippen molar-refractivity contribution in [1.82, 2.24) is 5.01 Å². The van der Waals surface area contributed by atoms with Gasteiger partial charge in [0, 0.05) is 0 Å². The summed E-state index contributed by atoms with van der Waals surface area (Å²) in [5.41, 5.74) is 2.91. The van der Waals surface area contributed by atoms with Crippen LogP contribution in [0, 0.1) is 12.3 Å². The SMILES string of the molecule is CCC1=NN2C(=N)/C(=C/c3cc(Cl)c(OCCOc4cc(C)ccc4C(C)C)c(Cl)c3)C(=O)N=C2S1. The smallest absolute Gasteiger partial charge is 0.283 e. The van der Waals surface area contributed by atoms with Crippen LogP contribution in [-0.4, -0.2) is 40.2 Å². The molecule has 0 spiro atoms. The molecule has 0 bridgehead atoms.